The first kappa shape index (κ1) is 13.8. The lowest BCUT2D eigenvalue weighted by molar-refractivity contribution is 0.0696. The number of carboxylic acids is 1. The Morgan fingerprint density at radius 1 is 1.26 bits per heavy atom. The number of anilines is 1. The summed E-state index contributed by atoms with van der Waals surface area (Å²) in [5.41, 5.74) is 1.31. The van der Waals surface area contributed by atoms with E-state index in [4.69, 9.17) is 5.11 Å². The topological polar surface area (TPSA) is 49.3 Å². The standard InChI is InChI=1S/C14H11FINO2/c15-11-6-5-9(14(18)19)7-10(11)8-17-13-4-2-1-3-12(13)16/h1-7,17H,8H2,(H,18,19). The number of carboxylic acid groups (broad SMARTS) is 1. The zero-order chi connectivity index (χ0) is 13.8. The van der Waals surface area contributed by atoms with Crippen LogP contribution in [-0.2, 0) is 6.54 Å². The van der Waals surface area contributed by atoms with Gasteiger partial charge in [0.05, 0.1) is 5.56 Å². The maximum atomic E-state index is 13.6. The van der Waals surface area contributed by atoms with E-state index in [1.54, 1.807) is 0 Å². The largest absolute Gasteiger partial charge is 0.478 e. The normalized spacial score (nSPS) is 10.2. The molecular formula is C14H11FINO2. The van der Waals surface area contributed by atoms with Gasteiger partial charge in [-0.25, -0.2) is 9.18 Å². The van der Waals surface area contributed by atoms with Gasteiger partial charge in [0.25, 0.3) is 0 Å². The third-order valence-electron chi connectivity index (χ3n) is 2.64. The second-order valence-electron chi connectivity index (χ2n) is 3.94. The third kappa shape index (κ3) is 3.44. The van der Waals surface area contributed by atoms with Crippen LogP contribution >= 0.6 is 22.6 Å². The van der Waals surface area contributed by atoms with E-state index in [0.717, 1.165) is 9.26 Å². The number of halogens is 2. The van der Waals surface area contributed by atoms with Crippen molar-refractivity contribution in [1.82, 2.24) is 0 Å². The zero-order valence-corrected chi connectivity index (χ0v) is 12.0. The Morgan fingerprint density at radius 2 is 2.00 bits per heavy atom. The van der Waals surface area contributed by atoms with Crippen LogP contribution in [0.4, 0.5) is 10.1 Å². The molecule has 2 N–H and O–H groups in total. The van der Waals surface area contributed by atoms with Gasteiger partial charge in [-0.3, -0.25) is 0 Å². The summed E-state index contributed by atoms with van der Waals surface area (Å²) in [4.78, 5) is 10.8. The molecule has 0 aliphatic carbocycles. The summed E-state index contributed by atoms with van der Waals surface area (Å²) in [6.07, 6.45) is 0. The van der Waals surface area contributed by atoms with Crippen LogP contribution in [0.1, 0.15) is 15.9 Å². The van der Waals surface area contributed by atoms with Crippen LogP contribution in [0.25, 0.3) is 0 Å². The fourth-order valence-corrected chi connectivity index (χ4v) is 2.22. The van der Waals surface area contributed by atoms with Crippen molar-refractivity contribution in [2.24, 2.45) is 0 Å². The molecule has 0 aromatic heterocycles. The molecule has 0 bridgehead atoms. The smallest absolute Gasteiger partial charge is 0.335 e. The minimum Gasteiger partial charge on any atom is -0.478 e. The van der Waals surface area contributed by atoms with Crippen molar-refractivity contribution >= 4 is 34.2 Å². The van der Waals surface area contributed by atoms with E-state index in [1.165, 1.54) is 18.2 Å². The Bertz CT molecular complexity index is 616. The quantitative estimate of drug-likeness (QED) is 0.806. The molecule has 0 radical (unpaired) electrons. The Morgan fingerprint density at radius 3 is 2.68 bits per heavy atom. The number of rotatable bonds is 4. The minimum atomic E-state index is -1.06. The molecule has 0 heterocycles. The molecule has 2 aromatic carbocycles. The van der Waals surface area contributed by atoms with Gasteiger partial charge in [-0.05, 0) is 52.9 Å². The van der Waals surface area contributed by atoms with E-state index < -0.39 is 11.8 Å². The molecule has 2 rings (SSSR count). The first-order valence-electron chi connectivity index (χ1n) is 5.58. The van der Waals surface area contributed by atoms with Gasteiger partial charge in [0.15, 0.2) is 0 Å². The van der Waals surface area contributed by atoms with E-state index in [2.05, 4.69) is 27.9 Å². The van der Waals surface area contributed by atoms with Crippen LogP contribution in [0, 0.1) is 9.39 Å². The molecule has 0 amide bonds. The van der Waals surface area contributed by atoms with Gasteiger partial charge in [-0.15, -0.1) is 0 Å². The third-order valence-corrected chi connectivity index (χ3v) is 3.58. The van der Waals surface area contributed by atoms with Crippen LogP contribution in [0.3, 0.4) is 0 Å². The summed E-state index contributed by atoms with van der Waals surface area (Å²) >= 11 is 2.18. The molecule has 0 aliphatic rings. The highest BCUT2D eigenvalue weighted by Gasteiger charge is 2.08. The molecule has 0 aliphatic heterocycles. The molecule has 0 atom stereocenters. The van der Waals surface area contributed by atoms with Crippen LogP contribution in [0.5, 0.6) is 0 Å². The molecule has 19 heavy (non-hydrogen) atoms. The molecule has 0 fully saturated rings. The van der Waals surface area contributed by atoms with E-state index in [0.29, 0.717) is 5.56 Å². The second kappa shape index (κ2) is 6.01. The first-order chi connectivity index (χ1) is 9.08. The summed E-state index contributed by atoms with van der Waals surface area (Å²) < 4.78 is 14.6. The summed E-state index contributed by atoms with van der Waals surface area (Å²) in [5, 5.41) is 12.0. The van der Waals surface area contributed by atoms with Gasteiger partial charge in [-0.1, -0.05) is 12.1 Å². The van der Waals surface area contributed by atoms with Crippen molar-refractivity contribution in [3.63, 3.8) is 0 Å². The van der Waals surface area contributed by atoms with Crippen molar-refractivity contribution < 1.29 is 14.3 Å². The van der Waals surface area contributed by atoms with Gasteiger partial charge >= 0.3 is 5.97 Å². The molecule has 0 saturated heterocycles. The monoisotopic (exact) mass is 371 g/mol. The van der Waals surface area contributed by atoms with Gasteiger partial charge in [0, 0.05) is 21.4 Å². The first-order valence-corrected chi connectivity index (χ1v) is 6.66. The molecule has 5 heteroatoms. The van der Waals surface area contributed by atoms with Gasteiger partial charge in [-0.2, -0.15) is 0 Å². The Labute approximate surface area is 123 Å². The minimum absolute atomic E-state index is 0.0842. The number of benzene rings is 2. The number of nitrogens with one attached hydrogen (secondary N) is 1. The summed E-state index contributed by atoms with van der Waals surface area (Å²) in [7, 11) is 0. The summed E-state index contributed by atoms with van der Waals surface area (Å²) in [5.74, 6) is -1.47. The van der Waals surface area contributed by atoms with Crippen molar-refractivity contribution in [2.75, 3.05) is 5.32 Å². The van der Waals surface area contributed by atoms with E-state index in [1.807, 2.05) is 24.3 Å². The summed E-state index contributed by atoms with van der Waals surface area (Å²) in [6.45, 7) is 0.243. The van der Waals surface area contributed by atoms with E-state index in [9.17, 15) is 9.18 Å². The SMILES string of the molecule is O=C(O)c1ccc(F)c(CNc2ccccc2I)c1. The Balaban J connectivity index is 2.17. The van der Waals surface area contributed by atoms with Crippen molar-refractivity contribution in [3.05, 3.63) is 63.0 Å². The zero-order valence-electron chi connectivity index (χ0n) is 9.86. The predicted molar refractivity (Wildman–Crippen MR) is 79.8 cm³/mol. The number of hydrogen-bond donors (Lipinski definition) is 2. The molecule has 98 valence electrons. The predicted octanol–water partition coefficient (Wildman–Crippen LogP) is 3.74. The fourth-order valence-electron chi connectivity index (χ4n) is 1.64. The van der Waals surface area contributed by atoms with Crippen LogP contribution in [0.2, 0.25) is 0 Å². The number of aromatic carboxylic acids is 1. The van der Waals surface area contributed by atoms with Crippen LogP contribution < -0.4 is 5.32 Å². The molecule has 2 aromatic rings. The highest BCUT2D eigenvalue weighted by molar-refractivity contribution is 14.1. The van der Waals surface area contributed by atoms with Crippen LogP contribution in [-0.4, -0.2) is 11.1 Å². The second-order valence-corrected chi connectivity index (χ2v) is 5.11. The Kier molecular flexibility index (Phi) is 4.36. The van der Waals surface area contributed by atoms with E-state index in [-0.39, 0.29) is 12.1 Å². The lowest BCUT2D eigenvalue weighted by Gasteiger charge is -2.09. The van der Waals surface area contributed by atoms with Crippen molar-refractivity contribution in [3.8, 4) is 0 Å². The number of hydrogen-bond acceptors (Lipinski definition) is 2. The average Bonchev–Trinajstić information content (AvgIpc) is 2.39. The van der Waals surface area contributed by atoms with Gasteiger partial charge in [0.1, 0.15) is 5.82 Å². The number of carbonyl (C=O) groups is 1. The molecular weight excluding hydrogens is 360 g/mol. The van der Waals surface area contributed by atoms with E-state index >= 15 is 0 Å². The molecule has 0 unspecified atom stereocenters. The Hall–Kier alpha value is -1.63. The maximum Gasteiger partial charge on any atom is 0.335 e. The van der Waals surface area contributed by atoms with Crippen molar-refractivity contribution in [1.29, 1.82) is 0 Å². The fraction of sp³-hybridized carbons (Fsp3) is 0.0714. The average molecular weight is 371 g/mol. The molecule has 0 saturated carbocycles. The highest BCUT2D eigenvalue weighted by atomic mass is 127. The molecule has 0 spiro atoms. The molecule has 3 nitrogen and oxygen atoms in total. The maximum absolute atomic E-state index is 13.6. The lowest BCUT2D eigenvalue weighted by atomic mass is 10.1. The highest BCUT2D eigenvalue weighted by Crippen LogP contribution is 2.19. The van der Waals surface area contributed by atoms with Gasteiger partial charge < -0.3 is 10.4 Å². The van der Waals surface area contributed by atoms with Gasteiger partial charge in [0.2, 0.25) is 0 Å². The summed E-state index contributed by atoms with van der Waals surface area (Å²) in [6, 6.07) is 11.4. The van der Waals surface area contributed by atoms with Crippen LogP contribution in [0.15, 0.2) is 42.5 Å². The van der Waals surface area contributed by atoms with Crippen molar-refractivity contribution in [2.45, 2.75) is 6.54 Å². The number of para-hydroxylation sites is 1. The lowest BCUT2D eigenvalue weighted by Crippen LogP contribution is -2.05.